The minimum Gasteiger partial charge on any atom is -0.481 e. The molecule has 0 aliphatic rings. The number of rotatable bonds is 5. The van der Waals surface area contributed by atoms with Gasteiger partial charge in [0.15, 0.2) is 0 Å². The second kappa shape index (κ2) is 5.57. The average molecular weight is 307 g/mol. The van der Waals surface area contributed by atoms with E-state index in [1.54, 1.807) is 6.07 Å². The van der Waals surface area contributed by atoms with Crippen LogP contribution in [-0.4, -0.2) is 36.2 Å². The van der Waals surface area contributed by atoms with Crippen LogP contribution in [0.5, 0.6) is 5.75 Å². The molecule has 1 aromatic carbocycles. The molecule has 0 atom stereocenters. The van der Waals surface area contributed by atoms with E-state index in [0.29, 0.717) is 0 Å². The standard InChI is InChI=1S/C10H13NO6S2/c1-18(2,14)11-19(15,16)17-9-6-4-3-5-8(9)7-10(12)13/h3-6H,7H2,1-2H3,(H,12,13). The third-order valence-electron chi connectivity index (χ3n) is 1.78. The summed E-state index contributed by atoms with van der Waals surface area (Å²) < 4.78 is 42.2. The molecule has 106 valence electrons. The lowest BCUT2D eigenvalue weighted by molar-refractivity contribution is -0.136. The van der Waals surface area contributed by atoms with Gasteiger partial charge in [0.25, 0.3) is 0 Å². The van der Waals surface area contributed by atoms with Crippen LogP contribution in [0.1, 0.15) is 5.56 Å². The first-order valence-corrected chi connectivity index (χ1v) is 8.71. The molecule has 0 aromatic heterocycles. The number of carboxylic acid groups (broad SMARTS) is 1. The Bertz CT molecular complexity index is 692. The largest absolute Gasteiger partial charge is 0.481 e. The Morgan fingerprint density at radius 2 is 1.84 bits per heavy atom. The normalized spacial score (nSPS) is 11.9. The minimum absolute atomic E-state index is 0.141. The molecule has 1 aromatic rings. The lowest BCUT2D eigenvalue weighted by Gasteiger charge is -2.07. The summed E-state index contributed by atoms with van der Waals surface area (Å²) >= 11 is 0. The van der Waals surface area contributed by atoms with Crippen LogP contribution in [0.4, 0.5) is 0 Å². The Morgan fingerprint density at radius 1 is 1.26 bits per heavy atom. The van der Waals surface area contributed by atoms with Crippen LogP contribution in [0.25, 0.3) is 0 Å². The maximum Gasteiger partial charge on any atom is 0.436 e. The molecule has 0 fully saturated rings. The molecule has 0 aliphatic carbocycles. The lowest BCUT2D eigenvalue weighted by Crippen LogP contribution is -2.11. The van der Waals surface area contributed by atoms with Crippen molar-refractivity contribution in [2.45, 2.75) is 6.42 Å². The number of hydrogen-bond donors (Lipinski definition) is 1. The van der Waals surface area contributed by atoms with Gasteiger partial charge in [0.05, 0.1) is 16.1 Å². The molecule has 7 nitrogen and oxygen atoms in total. The number of hydrogen-bond acceptors (Lipinski definition) is 5. The van der Waals surface area contributed by atoms with Crippen molar-refractivity contribution in [2.75, 3.05) is 12.5 Å². The van der Waals surface area contributed by atoms with Gasteiger partial charge in [0.1, 0.15) is 5.75 Å². The number of carbonyl (C=O) groups is 1. The first-order valence-electron chi connectivity index (χ1n) is 5.01. The fraction of sp³-hybridized carbons (Fsp3) is 0.300. The minimum atomic E-state index is -4.39. The van der Waals surface area contributed by atoms with E-state index in [1.165, 1.54) is 18.2 Å². The Kier molecular flexibility index (Phi) is 4.53. The summed E-state index contributed by atoms with van der Waals surface area (Å²) in [5.41, 5.74) is 0.187. The first-order chi connectivity index (χ1) is 8.59. The van der Waals surface area contributed by atoms with E-state index >= 15 is 0 Å². The molecule has 0 saturated heterocycles. The number of carboxylic acids is 1. The predicted molar refractivity (Wildman–Crippen MR) is 69.7 cm³/mol. The van der Waals surface area contributed by atoms with Crippen molar-refractivity contribution in [3.05, 3.63) is 29.8 Å². The van der Waals surface area contributed by atoms with Crippen molar-refractivity contribution >= 4 is 26.0 Å². The van der Waals surface area contributed by atoms with E-state index < -0.39 is 26.0 Å². The molecular formula is C10H13NO6S2. The van der Waals surface area contributed by atoms with Crippen LogP contribution in [0.2, 0.25) is 0 Å². The third kappa shape index (κ3) is 5.71. The molecular weight excluding hydrogens is 294 g/mol. The molecule has 19 heavy (non-hydrogen) atoms. The molecule has 0 heterocycles. The molecule has 9 heteroatoms. The van der Waals surface area contributed by atoms with Crippen LogP contribution in [0, 0.1) is 0 Å². The topological polar surface area (TPSA) is 110 Å². The van der Waals surface area contributed by atoms with E-state index in [2.05, 4.69) is 7.95 Å². The summed E-state index contributed by atoms with van der Waals surface area (Å²) in [6, 6.07) is 5.77. The van der Waals surface area contributed by atoms with Gasteiger partial charge in [-0.2, -0.15) is 8.42 Å². The van der Waals surface area contributed by atoms with Crippen LogP contribution in [-0.2, 0) is 31.2 Å². The molecule has 0 saturated carbocycles. The van der Waals surface area contributed by atoms with Gasteiger partial charge >= 0.3 is 16.3 Å². The lowest BCUT2D eigenvalue weighted by atomic mass is 10.1. The Hall–Kier alpha value is -1.61. The predicted octanol–water partition coefficient (Wildman–Crippen LogP) is 0.665. The summed E-state index contributed by atoms with van der Waals surface area (Å²) in [6.45, 7) is 0. The van der Waals surface area contributed by atoms with Gasteiger partial charge in [-0.1, -0.05) is 22.0 Å². The van der Waals surface area contributed by atoms with Crippen molar-refractivity contribution < 1.29 is 26.7 Å². The van der Waals surface area contributed by atoms with Gasteiger partial charge in [-0.05, 0) is 6.07 Å². The Balaban J connectivity index is 3.14. The molecule has 0 aliphatic heterocycles. The first kappa shape index (κ1) is 15.4. The van der Waals surface area contributed by atoms with Gasteiger partial charge < -0.3 is 9.29 Å². The highest BCUT2D eigenvalue weighted by Gasteiger charge is 2.16. The number of benzene rings is 1. The van der Waals surface area contributed by atoms with Crippen molar-refractivity contribution in [3.63, 3.8) is 0 Å². The fourth-order valence-electron chi connectivity index (χ4n) is 1.24. The third-order valence-corrected chi connectivity index (χ3v) is 4.34. The van der Waals surface area contributed by atoms with Gasteiger partial charge in [0.2, 0.25) is 0 Å². The summed E-state index contributed by atoms with van der Waals surface area (Å²) in [6.07, 6.45) is 1.91. The molecule has 0 spiro atoms. The highest BCUT2D eigenvalue weighted by Crippen LogP contribution is 2.21. The molecule has 0 radical (unpaired) electrons. The maximum atomic E-state index is 11.5. The quantitative estimate of drug-likeness (QED) is 0.855. The zero-order valence-corrected chi connectivity index (χ0v) is 11.9. The summed E-state index contributed by atoms with van der Waals surface area (Å²) in [5, 5.41) is 8.70. The summed E-state index contributed by atoms with van der Waals surface area (Å²) in [5.74, 6) is -1.27. The van der Waals surface area contributed by atoms with Crippen molar-refractivity contribution in [2.24, 2.45) is 3.77 Å². The SMILES string of the molecule is CS(C)(=O)=NS(=O)(=O)Oc1ccccc1CC(=O)O. The summed E-state index contributed by atoms with van der Waals surface area (Å²) in [4.78, 5) is 10.6. The van der Waals surface area contributed by atoms with E-state index in [9.17, 15) is 17.4 Å². The average Bonchev–Trinajstić information content (AvgIpc) is 2.15. The molecule has 0 unspecified atom stereocenters. The van der Waals surface area contributed by atoms with E-state index in [0.717, 1.165) is 12.5 Å². The van der Waals surface area contributed by atoms with Crippen molar-refractivity contribution in [1.82, 2.24) is 0 Å². The second-order valence-corrected chi connectivity index (χ2v) is 7.93. The number of nitrogens with zero attached hydrogens (tertiary/aromatic N) is 1. The molecule has 1 rings (SSSR count). The van der Waals surface area contributed by atoms with Crippen molar-refractivity contribution in [1.29, 1.82) is 0 Å². The Labute approximate surface area is 111 Å². The number of aliphatic carboxylic acids is 1. The molecule has 1 N–H and O–H groups in total. The van der Waals surface area contributed by atoms with Crippen LogP contribution >= 0.6 is 0 Å². The second-order valence-electron chi connectivity index (χ2n) is 3.95. The smallest absolute Gasteiger partial charge is 0.436 e. The van der Waals surface area contributed by atoms with E-state index in [1.807, 2.05) is 0 Å². The highest BCUT2D eigenvalue weighted by molar-refractivity contribution is 8.00. The van der Waals surface area contributed by atoms with E-state index in [4.69, 9.17) is 5.11 Å². The van der Waals surface area contributed by atoms with Crippen molar-refractivity contribution in [3.8, 4) is 5.75 Å². The van der Waals surface area contributed by atoms with Gasteiger partial charge in [-0.15, -0.1) is 0 Å². The van der Waals surface area contributed by atoms with Crippen LogP contribution < -0.4 is 4.18 Å². The maximum absolute atomic E-state index is 11.5. The van der Waals surface area contributed by atoms with Gasteiger partial charge in [-0.3, -0.25) is 4.79 Å². The van der Waals surface area contributed by atoms with Crippen LogP contribution in [0.3, 0.4) is 0 Å². The number of para-hydroxylation sites is 1. The Morgan fingerprint density at radius 3 is 2.37 bits per heavy atom. The summed E-state index contributed by atoms with van der Waals surface area (Å²) in [7, 11) is -7.29. The highest BCUT2D eigenvalue weighted by atomic mass is 32.3. The van der Waals surface area contributed by atoms with Gasteiger partial charge in [0, 0.05) is 18.1 Å². The van der Waals surface area contributed by atoms with Crippen LogP contribution in [0.15, 0.2) is 28.0 Å². The fourth-order valence-corrected chi connectivity index (χ4v) is 3.51. The van der Waals surface area contributed by atoms with E-state index in [-0.39, 0.29) is 17.7 Å². The zero-order valence-electron chi connectivity index (χ0n) is 10.3. The monoisotopic (exact) mass is 307 g/mol. The zero-order chi connectivity index (χ0) is 14.7. The van der Waals surface area contributed by atoms with Gasteiger partial charge in [-0.25, -0.2) is 4.21 Å². The molecule has 0 amide bonds. The molecule has 0 bridgehead atoms.